The van der Waals surface area contributed by atoms with E-state index < -0.39 is 12.8 Å². The van der Waals surface area contributed by atoms with Crippen LogP contribution in [0.15, 0.2) is 36.8 Å². The molecule has 0 aliphatic carbocycles. The van der Waals surface area contributed by atoms with E-state index in [-0.39, 0.29) is 11.7 Å². The third kappa shape index (κ3) is 4.01. The standard InChI is InChI=1S/C18H19F3N6O/c19-13-1-4-22-8-11(13)9-25-18-23-5-2-14(26-18)15-10-24-16-7-12(28-17(20)21)3-6-27(15)16/h2-3,5-7,10-11,13,17,22H,1,4,8-9H2,(H,23,25,26)/t11-,13+/m1/s1. The van der Waals surface area contributed by atoms with Crippen molar-refractivity contribution in [2.45, 2.75) is 19.2 Å². The fourth-order valence-corrected chi connectivity index (χ4v) is 3.23. The molecule has 1 fully saturated rings. The second-order valence-electron chi connectivity index (χ2n) is 6.53. The second-order valence-corrected chi connectivity index (χ2v) is 6.53. The molecule has 0 radical (unpaired) electrons. The molecule has 1 aliphatic rings. The van der Waals surface area contributed by atoms with Crippen LogP contribution in [0.4, 0.5) is 19.1 Å². The summed E-state index contributed by atoms with van der Waals surface area (Å²) < 4.78 is 44.8. The number of alkyl halides is 3. The number of halogens is 3. The van der Waals surface area contributed by atoms with Crippen LogP contribution in [0, 0.1) is 5.92 Å². The second kappa shape index (κ2) is 8.01. The van der Waals surface area contributed by atoms with E-state index in [0.29, 0.717) is 49.0 Å². The molecular formula is C18H19F3N6O. The third-order valence-corrected chi connectivity index (χ3v) is 4.67. The molecule has 3 aromatic rings. The monoisotopic (exact) mass is 392 g/mol. The van der Waals surface area contributed by atoms with Crippen molar-refractivity contribution in [3.8, 4) is 17.1 Å². The number of hydrogen-bond donors (Lipinski definition) is 2. The van der Waals surface area contributed by atoms with Crippen molar-refractivity contribution in [1.29, 1.82) is 0 Å². The molecule has 3 aromatic heterocycles. The Hall–Kier alpha value is -2.88. The van der Waals surface area contributed by atoms with Gasteiger partial charge in [0.15, 0.2) is 0 Å². The lowest BCUT2D eigenvalue weighted by Crippen LogP contribution is -2.41. The van der Waals surface area contributed by atoms with Crippen LogP contribution >= 0.6 is 0 Å². The highest BCUT2D eigenvalue weighted by Gasteiger charge is 2.24. The van der Waals surface area contributed by atoms with Gasteiger partial charge in [0.05, 0.1) is 17.6 Å². The van der Waals surface area contributed by atoms with Crippen molar-refractivity contribution in [2.75, 3.05) is 25.0 Å². The maximum Gasteiger partial charge on any atom is 0.387 e. The van der Waals surface area contributed by atoms with E-state index in [0.717, 1.165) is 0 Å². The van der Waals surface area contributed by atoms with Gasteiger partial charge in [-0.25, -0.2) is 19.3 Å². The summed E-state index contributed by atoms with van der Waals surface area (Å²) >= 11 is 0. The Morgan fingerprint density at radius 3 is 3.04 bits per heavy atom. The highest BCUT2D eigenvalue weighted by molar-refractivity contribution is 5.61. The Morgan fingerprint density at radius 2 is 2.21 bits per heavy atom. The summed E-state index contributed by atoms with van der Waals surface area (Å²) in [5, 5.41) is 6.27. The zero-order valence-electron chi connectivity index (χ0n) is 14.9. The third-order valence-electron chi connectivity index (χ3n) is 4.67. The van der Waals surface area contributed by atoms with Crippen LogP contribution < -0.4 is 15.4 Å². The largest absolute Gasteiger partial charge is 0.435 e. The molecule has 10 heteroatoms. The average molecular weight is 392 g/mol. The first-order valence-corrected chi connectivity index (χ1v) is 8.94. The summed E-state index contributed by atoms with van der Waals surface area (Å²) in [6.45, 7) is -1.15. The fourth-order valence-electron chi connectivity index (χ4n) is 3.23. The van der Waals surface area contributed by atoms with Crippen LogP contribution in [-0.4, -0.2) is 51.8 Å². The first-order valence-electron chi connectivity index (χ1n) is 8.94. The van der Waals surface area contributed by atoms with Gasteiger partial charge in [-0.05, 0) is 25.1 Å². The van der Waals surface area contributed by atoms with E-state index in [1.807, 2.05) is 0 Å². The van der Waals surface area contributed by atoms with Gasteiger partial charge < -0.3 is 15.4 Å². The van der Waals surface area contributed by atoms with E-state index in [1.54, 1.807) is 29.1 Å². The molecule has 0 spiro atoms. The number of nitrogens with one attached hydrogen (secondary N) is 2. The predicted molar refractivity (Wildman–Crippen MR) is 97.2 cm³/mol. The van der Waals surface area contributed by atoms with E-state index >= 15 is 0 Å². The van der Waals surface area contributed by atoms with E-state index in [9.17, 15) is 13.2 Å². The average Bonchev–Trinajstić information content (AvgIpc) is 3.10. The number of hydrogen-bond acceptors (Lipinski definition) is 6. The van der Waals surface area contributed by atoms with Gasteiger partial charge in [-0.2, -0.15) is 8.78 Å². The maximum absolute atomic E-state index is 14.0. The number of ether oxygens (including phenoxy) is 1. The molecule has 1 aliphatic heterocycles. The number of nitrogens with zero attached hydrogens (tertiary/aromatic N) is 4. The molecular weight excluding hydrogens is 373 g/mol. The highest BCUT2D eigenvalue weighted by Crippen LogP contribution is 2.23. The van der Waals surface area contributed by atoms with E-state index in [1.165, 1.54) is 12.1 Å². The first kappa shape index (κ1) is 18.5. The van der Waals surface area contributed by atoms with Gasteiger partial charge in [-0.15, -0.1) is 0 Å². The summed E-state index contributed by atoms with van der Waals surface area (Å²) in [4.78, 5) is 12.9. The van der Waals surface area contributed by atoms with Crippen molar-refractivity contribution < 1.29 is 17.9 Å². The molecule has 2 N–H and O–H groups in total. The van der Waals surface area contributed by atoms with E-state index in [2.05, 4.69) is 30.3 Å². The van der Waals surface area contributed by atoms with Crippen molar-refractivity contribution in [1.82, 2.24) is 24.7 Å². The summed E-state index contributed by atoms with van der Waals surface area (Å²) in [6, 6.07) is 4.58. The molecule has 1 saturated heterocycles. The van der Waals surface area contributed by atoms with Crippen LogP contribution in [0.25, 0.3) is 17.0 Å². The number of piperidine rings is 1. The van der Waals surface area contributed by atoms with Crippen LogP contribution in [0.5, 0.6) is 5.75 Å². The summed E-state index contributed by atoms with van der Waals surface area (Å²) in [6.07, 6.45) is 4.44. The van der Waals surface area contributed by atoms with Gasteiger partial charge in [0, 0.05) is 37.5 Å². The number of anilines is 1. The lowest BCUT2D eigenvalue weighted by molar-refractivity contribution is -0.0498. The van der Waals surface area contributed by atoms with Gasteiger partial charge in [0.25, 0.3) is 0 Å². The molecule has 7 nitrogen and oxygen atoms in total. The van der Waals surface area contributed by atoms with Gasteiger partial charge in [-0.1, -0.05) is 0 Å². The first-order chi connectivity index (χ1) is 13.6. The van der Waals surface area contributed by atoms with Gasteiger partial charge in [0.2, 0.25) is 5.95 Å². The van der Waals surface area contributed by atoms with Crippen LogP contribution in [0.3, 0.4) is 0 Å². The molecule has 0 bridgehead atoms. The number of fused-ring (bicyclic) bond motifs is 1. The summed E-state index contributed by atoms with van der Waals surface area (Å²) in [5.41, 5.74) is 1.73. The molecule has 0 amide bonds. The highest BCUT2D eigenvalue weighted by atomic mass is 19.3. The molecule has 4 rings (SSSR count). The molecule has 28 heavy (non-hydrogen) atoms. The molecule has 0 aromatic carbocycles. The minimum Gasteiger partial charge on any atom is -0.435 e. The van der Waals surface area contributed by atoms with E-state index in [4.69, 9.17) is 0 Å². The minimum absolute atomic E-state index is 0.0339. The van der Waals surface area contributed by atoms with Crippen LogP contribution in [0.1, 0.15) is 6.42 Å². The van der Waals surface area contributed by atoms with Crippen molar-refractivity contribution >= 4 is 11.6 Å². The molecule has 4 heterocycles. The van der Waals surface area contributed by atoms with Crippen LogP contribution in [-0.2, 0) is 0 Å². The zero-order chi connectivity index (χ0) is 19.5. The fraction of sp³-hybridized carbons (Fsp3) is 0.389. The predicted octanol–water partition coefficient (Wildman–Crippen LogP) is 2.75. The van der Waals surface area contributed by atoms with Crippen LogP contribution in [0.2, 0.25) is 0 Å². The van der Waals surface area contributed by atoms with Crippen molar-refractivity contribution in [2.24, 2.45) is 5.92 Å². The molecule has 0 unspecified atom stereocenters. The summed E-state index contributed by atoms with van der Waals surface area (Å²) in [7, 11) is 0. The number of imidazole rings is 1. The molecule has 0 saturated carbocycles. The van der Waals surface area contributed by atoms with Gasteiger partial charge >= 0.3 is 6.61 Å². The number of aromatic nitrogens is 4. The number of rotatable bonds is 6. The van der Waals surface area contributed by atoms with Gasteiger partial charge in [-0.3, -0.25) is 4.40 Å². The molecule has 148 valence electrons. The SMILES string of the molecule is FC(F)Oc1ccn2c(-c3ccnc(NC[C@H]4CNCC[C@@H]4F)n3)cnc2c1. The Morgan fingerprint density at radius 1 is 1.32 bits per heavy atom. The Bertz CT molecular complexity index is 950. The lowest BCUT2D eigenvalue weighted by Gasteiger charge is -2.26. The Balaban J connectivity index is 1.52. The normalized spacial score (nSPS) is 19.9. The topological polar surface area (TPSA) is 76.4 Å². The lowest BCUT2D eigenvalue weighted by atomic mass is 9.97. The van der Waals surface area contributed by atoms with Crippen molar-refractivity contribution in [3.63, 3.8) is 0 Å². The quantitative estimate of drug-likeness (QED) is 0.672. The van der Waals surface area contributed by atoms with Crippen molar-refractivity contribution in [3.05, 3.63) is 36.8 Å². The Kier molecular flexibility index (Phi) is 5.29. The maximum atomic E-state index is 14.0. The Labute approximate surface area is 159 Å². The molecule has 2 atom stereocenters. The smallest absolute Gasteiger partial charge is 0.387 e. The zero-order valence-corrected chi connectivity index (χ0v) is 14.9. The summed E-state index contributed by atoms with van der Waals surface area (Å²) in [5.74, 6) is 0.291. The number of pyridine rings is 1. The minimum atomic E-state index is -2.89. The van der Waals surface area contributed by atoms with Gasteiger partial charge in [0.1, 0.15) is 17.6 Å².